The third-order valence-electron chi connectivity index (χ3n) is 2.69. The number of anilines is 1. The molecular formula is C12H13N3O2. The summed E-state index contributed by atoms with van der Waals surface area (Å²) in [6, 6.07) is 6.76. The van der Waals surface area contributed by atoms with E-state index in [1.165, 1.54) is 6.07 Å². The number of benzene rings is 1. The third-order valence-corrected chi connectivity index (χ3v) is 2.69. The first-order chi connectivity index (χ1) is 8.22. The predicted octanol–water partition coefficient (Wildman–Crippen LogP) is 0.613. The minimum Gasteiger partial charge on any atom is -0.399 e. The van der Waals surface area contributed by atoms with Crippen LogP contribution in [0.3, 0.4) is 0 Å². The van der Waals surface area contributed by atoms with Crippen LogP contribution in [0.2, 0.25) is 0 Å². The maximum atomic E-state index is 12.2. The monoisotopic (exact) mass is 231 g/mol. The van der Waals surface area contributed by atoms with Gasteiger partial charge in [0.15, 0.2) is 0 Å². The highest BCUT2D eigenvalue weighted by Gasteiger charge is 2.20. The van der Waals surface area contributed by atoms with E-state index in [0.29, 0.717) is 43.1 Å². The summed E-state index contributed by atoms with van der Waals surface area (Å²) in [5.74, 6) is -0.134. The van der Waals surface area contributed by atoms with E-state index in [-0.39, 0.29) is 5.91 Å². The normalized spacial score (nSPS) is 15.4. The highest BCUT2D eigenvalue weighted by Crippen LogP contribution is 2.15. The number of carbonyl (C=O) groups excluding carboxylic acids is 1. The van der Waals surface area contributed by atoms with Crippen molar-refractivity contribution < 1.29 is 9.53 Å². The minimum atomic E-state index is -0.134. The average Bonchev–Trinajstić information content (AvgIpc) is 2.39. The molecule has 2 rings (SSSR count). The second-order valence-corrected chi connectivity index (χ2v) is 3.82. The maximum absolute atomic E-state index is 12.2. The largest absolute Gasteiger partial charge is 0.399 e. The molecule has 5 nitrogen and oxygen atoms in total. The van der Waals surface area contributed by atoms with Crippen LogP contribution >= 0.6 is 0 Å². The smallest absolute Gasteiger partial charge is 0.255 e. The van der Waals surface area contributed by atoms with Crippen LogP contribution in [0.4, 0.5) is 5.69 Å². The Kier molecular flexibility index (Phi) is 3.26. The number of ether oxygens (including phenoxy) is 1. The predicted molar refractivity (Wildman–Crippen MR) is 62.3 cm³/mol. The number of rotatable bonds is 1. The van der Waals surface area contributed by atoms with E-state index in [2.05, 4.69) is 0 Å². The van der Waals surface area contributed by atoms with Gasteiger partial charge in [-0.2, -0.15) is 5.26 Å². The minimum absolute atomic E-state index is 0.134. The molecule has 0 bridgehead atoms. The molecule has 1 amide bonds. The molecule has 17 heavy (non-hydrogen) atoms. The van der Waals surface area contributed by atoms with Crippen molar-refractivity contribution in [1.29, 1.82) is 5.26 Å². The Hall–Kier alpha value is -2.06. The van der Waals surface area contributed by atoms with E-state index in [1.54, 1.807) is 17.0 Å². The van der Waals surface area contributed by atoms with Gasteiger partial charge in [0.1, 0.15) is 6.07 Å². The number of carbonyl (C=O) groups is 1. The lowest BCUT2D eigenvalue weighted by Crippen LogP contribution is -2.40. The van der Waals surface area contributed by atoms with Gasteiger partial charge in [-0.05, 0) is 18.2 Å². The molecule has 88 valence electrons. The van der Waals surface area contributed by atoms with Crippen molar-refractivity contribution in [1.82, 2.24) is 4.90 Å². The van der Waals surface area contributed by atoms with Crippen molar-refractivity contribution in [3.05, 3.63) is 29.3 Å². The van der Waals surface area contributed by atoms with Crippen molar-refractivity contribution in [3.8, 4) is 6.07 Å². The molecule has 0 radical (unpaired) electrons. The summed E-state index contributed by atoms with van der Waals surface area (Å²) < 4.78 is 5.18. The maximum Gasteiger partial charge on any atom is 0.255 e. The van der Waals surface area contributed by atoms with Crippen LogP contribution in [0.5, 0.6) is 0 Å². The number of hydrogen-bond donors (Lipinski definition) is 1. The zero-order valence-corrected chi connectivity index (χ0v) is 9.35. The van der Waals surface area contributed by atoms with Crippen molar-refractivity contribution in [2.75, 3.05) is 32.0 Å². The molecule has 1 aromatic carbocycles. The first-order valence-electron chi connectivity index (χ1n) is 5.39. The summed E-state index contributed by atoms with van der Waals surface area (Å²) in [6.07, 6.45) is 0. The molecule has 1 aliphatic heterocycles. The fraction of sp³-hybridized carbons (Fsp3) is 0.333. The first-order valence-corrected chi connectivity index (χ1v) is 5.39. The lowest BCUT2D eigenvalue weighted by molar-refractivity contribution is 0.0302. The van der Waals surface area contributed by atoms with E-state index in [4.69, 9.17) is 15.7 Å². The fourth-order valence-corrected chi connectivity index (χ4v) is 1.78. The molecule has 0 aliphatic carbocycles. The highest BCUT2D eigenvalue weighted by atomic mass is 16.5. The van der Waals surface area contributed by atoms with Gasteiger partial charge in [-0.1, -0.05) is 0 Å². The van der Waals surface area contributed by atoms with Crippen LogP contribution < -0.4 is 5.73 Å². The molecule has 0 aromatic heterocycles. The number of nitrogens with two attached hydrogens (primary N) is 1. The van der Waals surface area contributed by atoms with E-state index in [9.17, 15) is 4.79 Å². The number of nitriles is 1. The number of nitrogens with zero attached hydrogens (tertiary/aromatic N) is 2. The second kappa shape index (κ2) is 4.85. The summed E-state index contributed by atoms with van der Waals surface area (Å²) in [7, 11) is 0. The van der Waals surface area contributed by atoms with Crippen molar-refractivity contribution in [2.24, 2.45) is 0 Å². The van der Waals surface area contributed by atoms with Crippen LogP contribution in [0.1, 0.15) is 15.9 Å². The van der Waals surface area contributed by atoms with Gasteiger partial charge in [0.2, 0.25) is 0 Å². The quantitative estimate of drug-likeness (QED) is 0.718. The zero-order valence-electron chi connectivity index (χ0n) is 9.35. The Morgan fingerprint density at radius 1 is 1.41 bits per heavy atom. The standard InChI is InChI=1S/C12H13N3O2/c13-8-9-7-10(14)1-2-11(9)12(16)15-3-5-17-6-4-15/h1-2,7H,3-6,14H2. The molecule has 1 fully saturated rings. The van der Waals surface area contributed by atoms with Crippen LogP contribution in [0.25, 0.3) is 0 Å². The summed E-state index contributed by atoms with van der Waals surface area (Å²) in [5.41, 5.74) is 6.80. The van der Waals surface area contributed by atoms with Crippen LogP contribution in [-0.2, 0) is 4.74 Å². The summed E-state index contributed by atoms with van der Waals surface area (Å²) in [5, 5.41) is 8.99. The van der Waals surface area contributed by atoms with E-state index in [0.717, 1.165) is 0 Å². The lowest BCUT2D eigenvalue weighted by Gasteiger charge is -2.27. The lowest BCUT2D eigenvalue weighted by atomic mass is 10.1. The third kappa shape index (κ3) is 2.37. The molecule has 0 atom stereocenters. The van der Waals surface area contributed by atoms with Gasteiger partial charge in [-0.25, -0.2) is 0 Å². The Morgan fingerprint density at radius 2 is 2.12 bits per heavy atom. The summed E-state index contributed by atoms with van der Waals surface area (Å²) in [6.45, 7) is 2.22. The van der Waals surface area contributed by atoms with E-state index >= 15 is 0 Å². The summed E-state index contributed by atoms with van der Waals surface area (Å²) >= 11 is 0. The molecule has 5 heteroatoms. The number of hydrogen-bond acceptors (Lipinski definition) is 4. The average molecular weight is 231 g/mol. The van der Waals surface area contributed by atoms with Gasteiger partial charge in [-0.3, -0.25) is 4.79 Å². The molecule has 2 N–H and O–H groups in total. The van der Waals surface area contributed by atoms with Crippen LogP contribution in [0.15, 0.2) is 18.2 Å². The Labute approximate surface area is 99.4 Å². The SMILES string of the molecule is N#Cc1cc(N)ccc1C(=O)N1CCOCC1. The molecular weight excluding hydrogens is 218 g/mol. The number of amides is 1. The van der Waals surface area contributed by atoms with Gasteiger partial charge in [0.05, 0.1) is 24.3 Å². The molecule has 1 saturated heterocycles. The van der Waals surface area contributed by atoms with E-state index < -0.39 is 0 Å². The number of nitrogen functional groups attached to an aromatic ring is 1. The Morgan fingerprint density at radius 3 is 2.76 bits per heavy atom. The van der Waals surface area contributed by atoms with Crippen molar-refractivity contribution >= 4 is 11.6 Å². The van der Waals surface area contributed by atoms with Crippen molar-refractivity contribution in [2.45, 2.75) is 0 Å². The number of morpholine rings is 1. The van der Waals surface area contributed by atoms with Crippen molar-refractivity contribution in [3.63, 3.8) is 0 Å². The van der Waals surface area contributed by atoms with E-state index in [1.807, 2.05) is 6.07 Å². The zero-order chi connectivity index (χ0) is 12.3. The molecule has 1 aliphatic rings. The molecule has 1 aromatic rings. The van der Waals surface area contributed by atoms with Gasteiger partial charge in [-0.15, -0.1) is 0 Å². The topological polar surface area (TPSA) is 79.3 Å². The molecule has 0 unspecified atom stereocenters. The van der Waals surface area contributed by atoms with Crippen LogP contribution in [0, 0.1) is 11.3 Å². The molecule has 0 saturated carbocycles. The molecule has 1 heterocycles. The highest BCUT2D eigenvalue weighted by molar-refractivity contribution is 5.97. The van der Waals surface area contributed by atoms with Gasteiger partial charge >= 0.3 is 0 Å². The first kappa shape index (κ1) is 11.4. The second-order valence-electron chi connectivity index (χ2n) is 3.82. The molecule has 0 spiro atoms. The van der Waals surface area contributed by atoms with Gasteiger partial charge < -0.3 is 15.4 Å². The Balaban J connectivity index is 2.27. The fourth-order valence-electron chi connectivity index (χ4n) is 1.78. The van der Waals surface area contributed by atoms with Gasteiger partial charge in [0.25, 0.3) is 5.91 Å². The Bertz CT molecular complexity index is 473. The van der Waals surface area contributed by atoms with Crippen LogP contribution in [-0.4, -0.2) is 37.1 Å². The van der Waals surface area contributed by atoms with Gasteiger partial charge in [0, 0.05) is 18.8 Å². The summed E-state index contributed by atoms with van der Waals surface area (Å²) in [4.78, 5) is 13.9.